The number of amides is 1. The quantitative estimate of drug-likeness (QED) is 0.196. The average molecular weight is 463 g/mol. The molecule has 0 spiro atoms. The number of nitrogens with one attached hydrogen (secondary N) is 3. The van der Waals surface area contributed by atoms with Crippen molar-refractivity contribution in [2.24, 2.45) is 17.4 Å². The molecule has 9 nitrogen and oxygen atoms in total. The van der Waals surface area contributed by atoms with Crippen LogP contribution in [0.1, 0.15) is 38.7 Å². The second kappa shape index (κ2) is 11.8. The van der Waals surface area contributed by atoms with Gasteiger partial charge >= 0.3 is 0 Å². The lowest BCUT2D eigenvalue weighted by Gasteiger charge is -2.15. The highest BCUT2D eigenvalue weighted by Crippen LogP contribution is 2.19. The number of hydrogen-bond acceptors (Lipinski definition) is 8. The highest BCUT2D eigenvalue weighted by molar-refractivity contribution is 6.08. The number of fused-ring (bicyclic) bond motifs is 1. The van der Waals surface area contributed by atoms with Gasteiger partial charge < -0.3 is 32.4 Å². The number of aromatic nitrogens is 2. The maximum Gasteiger partial charge on any atom is 0.222 e. The number of rotatable bonds is 11. The van der Waals surface area contributed by atoms with Gasteiger partial charge in [0.05, 0.1) is 11.0 Å². The van der Waals surface area contributed by atoms with Crippen LogP contribution in [-0.2, 0) is 4.79 Å². The minimum absolute atomic E-state index is 0.243. The van der Waals surface area contributed by atoms with E-state index in [1.165, 1.54) is 6.21 Å². The third kappa shape index (κ3) is 6.57. The highest BCUT2D eigenvalue weighted by Gasteiger charge is 2.18. The lowest BCUT2D eigenvalue weighted by Crippen LogP contribution is -2.27. The molecule has 0 atom stereocenters. The molecule has 1 amide bonds. The van der Waals surface area contributed by atoms with Crippen LogP contribution < -0.4 is 22.1 Å². The number of carbonyl (C=O) groups is 1. The lowest BCUT2D eigenvalue weighted by atomic mass is 10.0. The van der Waals surface area contributed by atoms with Crippen LogP contribution in [0.5, 0.6) is 0 Å². The molecule has 0 aromatic carbocycles. The monoisotopic (exact) mass is 462 g/mol. The molecular weight excluding hydrogens is 428 g/mol. The van der Waals surface area contributed by atoms with E-state index in [4.69, 9.17) is 16.9 Å². The Morgan fingerprint density at radius 1 is 1.32 bits per heavy atom. The summed E-state index contributed by atoms with van der Waals surface area (Å²) in [6.07, 6.45) is 10.6. The van der Waals surface area contributed by atoms with Crippen LogP contribution in [0.4, 0.5) is 5.82 Å². The molecule has 2 aromatic heterocycles. The van der Waals surface area contributed by atoms with Crippen LogP contribution in [0.2, 0.25) is 0 Å². The van der Waals surface area contributed by atoms with Gasteiger partial charge in [0.1, 0.15) is 11.6 Å². The lowest BCUT2D eigenvalue weighted by molar-refractivity contribution is -0.127. The van der Waals surface area contributed by atoms with E-state index in [1.54, 1.807) is 24.7 Å². The summed E-state index contributed by atoms with van der Waals surface area (Å²) < 4.78 is 0. The Balaban J connectivity index is 1.67. The summed E-state index contributed by atoms with van der Waals surface area (Å²) in [5.41, 5.74) is 15.6. The first-order valence-electron chi connectivity index (χ1n) is 11.6. The molecule has 9 heteroatoms. The van der Waals surface area contributed by atoms with Gasteiger partial charge in [0, 0.05) is 55.8 Å². The van der Waals surface area contributed by atoms with Crippen LogP contribution in [0, 0.1) is 11.3 Å². The largest absolute Gasteiger partial charge is 0.404 e. The van der Waals surface area contributed by atoms with Gasteiger partial charge in [0.2, 0.25) is 5.91 Å². The van der Waals surface area contributed by atoms with Gasteiger partial charge in [-0.15, -0.1) is 0 Å². The molecule has 3 rings (SSSR count). The Bertz CT molecular complexity index is 1120. The second-order valence-corrected chi connectivity index (χ2v) is 8.54. The summed E-state index contributed by atoms with van der Waals surface area (Å²) in [6, 6.07) is 5.58. The summed E-state index contributed by atoms with van der Waals surface area (Å²) in [4.78, 5) is 22.7. The van der Waals surface area contributed by atoms with Crippen molar-refractivity contribution in [3.63, 3.8) is 0 Å². The molecule has 3 heterocycles. The Kier molecular flexibility index (Phi) is 8.61. The topological polar surface area (TPSA) is 146 Å². The Morgan fingerprint density at radius 3 is 2.82 bits per heavy atom. The third-order valence-corrected chi connectivity index (χ3v) is 5.66. The maximum atomic E-state index is 11.7. The van der Waals surface area contributed by atoms with Crippen molar-refractivity contribution >= 4 is 34.5 Å². The summed E-state index contributed by atoms with van der Waals surface area (Å²) in [6.45, 7) is 6.42. The first-order chi connectivity index (χ1) is 16.4. The number of likely N-dealkylation sites (tertiary alicyclic amines) is 1. The van der Waals surface area contributed by atoms with Crippen molar-refractivity contribution in [2.45, 2.75) is 33.1 Å². The fraction of sp³-hybridized carbons (Fsp3) is 0.360. The number of nitrogens with two attached hydrogens (primary N) is 2. The molecule has 2 aromatic rings. The van der Waals surface area contributed by atoms with E-state index >= 15 is 0 Å². The van der Waals surface area contributed by atoms with E-state index in [-0.39, 0.29) is 11.8 Å². The minimum Gasteiger partial charge on any atom is -0.404 e. The SMILES string of the molecule is CC(C)C(=C/N)/C=C(\N)Nc1ccc2ncc(/C(C=N)=C/NCCCN3CCCC3=O)cc2n1. The van der Waals surface area contributed by atoms with Gasteiger partial charge in [-0.05, 0) is 54.8 Å². The van der Waals surface area contributed by atoms with Crippen molar-refractivity contribution in [3.05, 3.63) is 59.8 Å². The Hall–Kier alpha value is -3.88. The van der Waals surface area contributed by atoms with Crippen LogP contribution in [0.15, 0.2) is 54.3 Å². The Morgan fingerprint density at radius 2 is 2.15 bits per heavy atom. The standard InChI is InChI=1S/C25H34N8O/c1-17(2)18(13-26)12-23(28)32-24-7-6-21-22(31-24)11-19(16-30-21)20(14-27)15-29-8-4-10-33-9-3-5-25(33)34/h6-7,11-17,27,29H,3-5,8-10,26,28H2,1-2H3,(H,31,32)/b18-13+,20-15+,23-12+,27-14?. The number of carbonyl (C=O) groups excluding carboxylic acids is 1. The minimum atomic E-state index is 0.243. The van der Waals surface area contributed by atoms with Crippen LogP contribution in [0.25, 0.3) is 16.6 Å². The van der Waals surface area contributed by atoms with E-state index in [9.17, 15) is 4.79 Å². The molecule has 0 bridgehead atoms. The molecule has 180 valence electrons. The summed E-state index contributed by atoms with van der Waals surface area (Å²) in [5, 5.41) is 14.2. The summed E-state index contributed by atoms with van der Waals surface area (Å²) >= 11 is 0. The van der Waals surface area contributed by atoms with Crippen molar-refractivity contribution in [1.29, 1.82) is 5.41 Å². The van der Waals surface area contributed by atoms with E-state index in [2.05, 4.69) is 20.6 Å². The van der Waals surface area contributed by atoms with Crippen molar-refractivity contribution in [2.75, 3.05) is 25.0 Å². The van der Waals surface area contributed by atoms with E-state index in [0.29, 0.717) is 29.1 Å². The fourth-order valence-electron chi connectivity index (χ4n) is 3.71. The van der Waals surface area contributed by atoms with Crippen LogP contribution >= 0.6 is 0 Å². The van der Waals surface area contributed by atoms with Crippen molar-refractivity contribution < 1.29 is 4.79 Å². The predicted molar refractivity (Wildman–Crippen MR) is 138 cm³/mol. The van der Waals surface area contributed by atoms with Crippen molar-refractivity contribution in [1.82, 2.24) is 20.2 Å². The smallest absolute Gasteiger partial charge is 0.222 e. The molecule has 0 unspecified atom stereocenters. The molecule has 1 fully saturated rings. The predicted octanol–water partition coefficient (Wildman–Crippen LogP) is 2.93. The van der Waals surface area contributed by atoms with Gasteiger partial charge in [-0.3, -0.25) is 9.78 Å². The molecule has 0 aliphatic carbocycles. The molecule has 1 aliphatic heterocycles. The summed E-state index contributed by atoms with van der Waals surface area (Å²) in [5.74, 6) is 1.54. The molecule has 1 aliphatic rings. The number of allylic oxidation sites excluding steroid dienone is 3. The fourth-order valence-corrected chi connectivity index (χ4v) is 3.71. The molecule has 1 saturated heterocycles. The van der Waals surface area contributed by atoms with E-state index in [1.807, 2.05) is 36.9 Å². The zero-order valence-corrected chi connectivity index (χ0v) is 19.8. The third-order valence-electron chi connectivity index (χ3n) is 5.66. The molecule has 0 radical (unpaired) electrons. The molecular formula is C25H34N8O. The maximum absolute atomic E-state index is 11.7. The van der Waals surface area contributed by atoms with Gasteiger partial charge in [-0.1, -0.05) is 13.8 Å². The summed E-state index contributed by atoms with van der Waals surface area (Å²) in [7, 11) is 0. The van der Waals surface area contributed by atoms with Gasteiger partial charge in [-0.25, -0.2) is 4.98 Å². The van der Waals surface area contributed by atoms with E-state index < -0.39 is 0 Å². The second-order valence-electron chi connectivity index (χ2n) is 8.54. The van der Waals surface area contributed by atoms with E-state index in [0.717, 1.165) is 49.1 Å². The molecule has 7 N–H and O–H groups in total. The van der Waals surface area contributed by atoms with Crippen molar-refractivity contribution in [3.8, 4) is 0 Å². The van der Waals surface area contributed by atoms with Gasteiger partial charge in [0.15, 0.2) is 0 Å². The zero-order valence-electron chi connectivity index (χ0n) is 19.8. The number of hydrogen-bond donors (Lipinski definition) is 5. The van der Waals surface area contributed by atoms with Gasteiger partial charge in [-0.2, -0.15) is 0 Å². The van der Waals surface area contributed by atoms with Crippen LogP contribution in [0.3, 0.4) is 0 Å². The molecule has 34 heavy (non-hydrogen) atoms. The average Bonchev–Trinajstić information content (AvgIpc) is 3.23. The number of anilines is 1. The first-order valence-corrected chi connectivity index (χ1v) is 11.6. The number of pyridine rings is 2. The first kappa shape index (κ1) is 24.8. The zero-order chi connectivity index (χ0) is 24.5. The number of nitrogens with zero attached hydrogens (tertiary/aromatic N) is 3. The van der Waals surface area contributed by atoms with Crippen LogP contribution in [-0.4, -0.2) is 46.6 Å². The van der Waals surface area contributed by atoms with Gasteiger partial charge in [0.25, 0.3) is 0 Å². The highest BCUT2D eigenvalue weighted by atomic mass is 16.2. The normalized spacial score (nSPS) is 15.3. The Labute approximate surface area is 200 Å². The molecule has 0 saturated carbocycles.